The Kier molecular flexibility index (Phi) is 2.40. The highest BCUT2D eigenvalue weighted by Gasteiger charge is 2.22. The van der Waals surface area contributed by atoms with Gasteiger partial charge in [0, 0.05) is 17.8 Å². The Morgan fingerprint density at radius 2 is 2.31 bits per heavy atom. The van der Waals surface area contributed by atoms with Gasteiger partial charge in [0.25, 0.3) is 0 Å². The van der Waals surface area contributed by atoms with Gasteiger partial charge in [-0.05, 0) is 30.9 Å². The largest absolute Gasteiger partial charge is 0.324 e. The third kappa shape index (κ3) is 1.83. The van der Waals surface area contributed by atoms with Crippen molar-refractivity contribution in [1.29, 1.82) is 0 Å². The Labute approximate surface area is 95.3 Å². The van der Waals surface area contributed by atoms with Crippen LogP contribution in [0.4, 0.5) is 0 Å². The number of pyridine rings is 1. The molecule has 2 N–H and O–H groups in total. The topological polar surface area (TPSA) is 43.3 Å². The summed E-state index contributed by atoms with van der Waals surface area (Å²) in [5, 5.41) is 4.32. The highest BCUT2D eigenvalue weighted by molar-refractivity contribution is 5.54. The lowest BCUT2D eigenvalue weighted by Crippen LogP contribution is -2.10. The normalized spacial score (nSPS) is 17.8. The summed E-state index contributed by atoms with van der Waals surface area (Å²) in [6.07, 6.45) is 9.04. The fraction of sp³-hybridized carbons (Fsp3) is 0.462. The van der Waals surface area contributed by atoms with Crippen molar-refractivity contribution in [3.05, 3.63) is 36.2 Å². The van der Waals surface area contributed by atoms with Crippen LogP contribution in [0.2, 0.25) is 0 Å². The predicted octanol–water partition coefficient (Wildman–Crippen LogP) is 2.52. The SMILES string of the molecule is NC(CCC1CC1)c1cnn2ccccc12. The van der Waals surface area contributed by atoms with E-state index in [9.17, 15) is 0 Å². The summed E-state index contributed by atoms with van der Waals surface area (Å²) in [5.74, 6) is 0.952. The summed E-state index contributed by atoms with van der Waals surface area (Å²) >= 11 is 0. The molecular formula is C13H17N3. The van der Waals surface area contributed by atoms with Crippen molar-refractivity contribution < 1.29 is 0 Å². The molecule has 1 aliphatic rings. The van der Waals surface area contributed by atoms with Crippen LogP contribution in [0.3, 0.4) is 0 Å². The molecule has 0 spiro atoms. The average molecular weight is 215 g/mol. The highest BCUT2D eigenvalue weighted by atomic mass is 15.2. The number of rotatable bonds is 4. The smallest absolute Gasteiger partial charge is 0.0709 e. The van der Waals surface area contributed by atoms with E-state index in [2.05, 4.69) is 11.2 Å². The van der Waals surface area contributed by atoms with Crippen LogP contribution in [0.1, 0.15) is 37.3 Å². The van der Waals surface area contributed by atoms with Crippen LogP contribution < -0.4 is 5.73 Å². The molecule has 0 radical (unpaired) electrons. The van der Waals surface area contributed by atoms with E-state index in [1.165, 1.54) is 24.8 Å². The minimum atomic E-state index is 0.139. The summed E-state index contributed by atoms with van der Waals surface area (Å²) in [4.78, 5) is 0. The number of fused-ring (bicyclic) bond motifs is 1. The molecule has 1 fully saturated rings. The molecule has 0 aromatic carbocycles. The Morgan fingerprint density at radius 1 is 1.44 bits per heavy atom. The van der Waals surface area contributed by atoms with E-state index in [1.54, 1.807) is 0 Å². The first kappa shape index (κ1) is 9.85. The molecule has 1 saturated carbocycles. The van der Waals surface area contributed by atoms with Crippen molar-refractivity contribution in [2.45, 2.75) is 31.7 Å². The maximum atomic E-state index is 6.23. The standard InChI is InChI=1S/C13H17N3/c14-12(7-6-10-4-5-10)11-9-15-16-8-2-1-3-13(11)16/h1-3,8-10,12H,4-7,14H2. The molecular weight excluding hydrogens is 198 g/mol. The second-order valence-corrected chi connectivity index (χ2v) is 4.76. The zero-order valence-electron chi connectivity index (χ0n) is 9.34. The third-order valence-corrected chi connectivity index (χ3v) is 3.44. The van der Waals surface area contributed by atoms with Crippen LogP contribution in [0.5, 0.6) is 0 Å². The van der Waals surface area contributed by atoms with Crippen LogP contribution in [0, 0.1) is 5.92 Å². The van der Waals surface area contributed by atoms with E-state index < -0.39 is 0 Å². The first-order valence-corrected chi connectivity index (χ1v) is 6.02. The minimum Gasteiger partial charge on any atom is -0.324 e. The fourth-order valence-electron chi connectivity index (χ4n) is 2.22. The van der Waals surface area contributed by atoms with Gasteiger partial charge < -0.3 is 5.73 Å². The Bertz CT molecular complexity index is 485. The third-order valence-electron chi connectivity index (χ3n) is 3.44. The quantitative estimate of drug-likeness (QED) is 0.851. The first-order valence-electron chi connectivity index (χ1n) is 6.02. The van der Waals surface area contributed by atoms with Gasteiger partial charge in [0.05, 0.1) is 11.7 Å². The number of hydrogen-bond donors (Lipinski definition) is 1. The monoisotopic (exact) mass is 215 g/mol. The second kappa shape index (κ2) is 3.91. The molecule has 2 aromatic heterocycles. The van der Waals surface area contributed by atoms with Gasteiger partial charge in [0.15, 0.2) is 0 Å². The fourth-order valence-corrected chi connectivity index (χ4v) is 2.22. The molecule has 0 amide bonds. The van der Waals surface area contributed by atoms with Crippen LogP contribution in [-0.2, 0) is 0 Å². The van der Waals surface area contributed by atoms with Crippen LogP contribution in [0.15, 0.2) is 30.6 Å². The Morgan fingerprint density at radius 3 is 3.12 bits per heavy atom. The maximum Gasteiger partial charge on any atom is 0.0709 e. The molecule has 3 heteroatoms. The van der Waals surface area contributed by atoms with Crippen molar-refractivity contribution in [2.75, 3.05) is 0 Å². The lowest BCUT2D eigenvalue weighted by molar-refractivity contribution is 0.578. The van der Waals surface area contributed by atoms with Gasteiger partial charge in [-0.25, -0.2) is 4.52 Å². The van der Waals surface area contributed by atoms with Gasteiger partial charge in [0.1, 0.15) is 0 Å². The lowest BCUT2D eigenvalue weighted by Gasteiger charge is -2.09. The molecule has 0 aliphatic heterocycles. The van der Waals surface area contributed by atoms with Gasteiger partial charge in [0.2, 0.25) is 0 Å². The molecule has 3 rings (SSSR count). The van der Waals surface area contributed by atoms with Gasteiger partial charge in [-0.1, -0.05) is 18.9 Å². The van der Waals surface area contributed by atoms with E-state index in [0.29, 0.717) is 0 Å². The molecule has 3 nitrogen and oxygen atoms in total. The van der Waals surface area contributed by atoms with Gasteiger partial charge in [-0.2, -0.15) is 5.10 Å². The Balaban J connectivity index is 1.80. The summed E-state index contributed by atoms with van der Waals surface area (Å²) in [5.41, 5.74) is 8.55. The summed E-state index contributed by atoms with van der Waals surface area (Å²) in [6.45, 7) is 0. The number of hydrogen-bond acceptors (Lipinski definition) is 2. The second-order valence-electron chi connectivity index (χ2n) is 4.76. The van der Waals surface area contributed by atoms with Crippen molar-refractivity contribution in [1.82, 2.24) is 9.61 Å². The molecule has 0 bridgehead atoms. The van der Waals surface area contributed by atoms with E-state index in [0.717, 1.165) is 17.9 Å². The molecule has 0 saturated heterocycles. The predicted molar refractivity (Wildman–Crippen MR) is 64.1 cm³/mol. The van der Waals surface area contributed by atoms with E-state index in [4.69, 9.17) is 5.73 Å². The summed E-state index contributed by atoms with van der Waals surface area (Å²) < 4.78 is 1.90. The van der Waals surface area contributed by atoms with Gasteiger partial charge in [-0.3, -0.25) is 0 Å². The average Bonchev–Trinajstić information content (AvgIpc) is 3.04. The number of nitrogens with zero attached hydrogens (tertiary/aromatic N) is 2. The maximum absolute atomic E-state index is 6.23. The molecule has 2 aromatic rings. The first-order chi connectivity index (χ1) is 7.84. The van der Waals surface area contributed by atoms with E-state index in [1.807, 2.05) is 29.0 Å². The number of aromatic nitrogens is 2. The van der Waals surface area contributed by atoms with Crippen molar-refractivity contribution in [3.63, 3.8) is 0 Å². The molecule has 1 unspecified atom stereocenters. The van der Waals surface area contributed by atoms with E-state index in [-0.39, 0.29) is 6.04 Å². The zero-order valence-corrected chi connectivity index (χ0v) is 9.34. The van der Waals surface area contributed by atoms with E-state index >= 15 is 0 Å². The molecule has 2 heterocycles. The van der Waals surface area contributed by atoms with Gasteiger partial charge in [-0.15, -0.1) is 0 Å². The summed E-state index contributed by atoms with van der Waals surface area (Å²) in [7, 11) is 0. The molecule has 1 aliphatic carbocycles. The zero-order chi connectivity index (χ0) is 11.0. The van der Waals surface area contributed by atoms with Crippen molar-refractivity contribution >= 4 is 5.52 Å². The molecule has 16 heavy (non-hydrogen) atoms. The highest BCUT2D eigenvalue weighted by Crippen LogP contribution is 2.35. The van der Waals surface area contributed by atoms with Crippen molar-refractivity contribution in [2.24, 2.45) is 11.7 Å². The summed E-state index contributed by atoms with van der Waals surface area (Å²) in [6, 6.07) is 6.24. The Hall–Kier alpha value is -1.35. The lowest BCUT2D eigenvalue weighted by atomic mass is 10.0. The van der Waals surface area contributed by atoms with Crippen LogP contribution in [-0.4, -0.2) is 9.61 Å². The molecule has 1 atom stereocenters. The van der Waals surface area contributed by atoms with Crippen molar-refractivity contribution in [3.8, 4) is 0 Å². The number of nitrogens with two attached hydrogens (primary N) is 1. The van der Waals surface area contributed by atoms with Crippen LogP contribution >= 0.6 is 0 Å². The van der Waals surface area contributed by atoms with Crippen LogP contribution in [0.25, 0.3) is 5.52 Å². The minimum absolute atomic E-state index is 0.139. The van der Waals surface area contributed by atoms with Gasteiger partial charge >= 0.3 is 0 Å². The molecule has 84 valence electrons.